The Bertz CT molecular complexity index is 1220. The Morgan fingerprint density at radius 3 is 2.70 bits per heavy atom. The van der Waals surface area contributed by atoms with E-state index in [1.807, 2.05) is 38.2 Å². The highest BCUT2D eigenvalue weighted by atomic mass is 19.3. The van der Waals surface area contributed by atoms with Crippen molar-refractivity contribution in [2.45, 2.75) is 76.4 Å². The van der Waals surface area contributed by atoms with Crippen molar-refractivity contribution in [3.05, 3.63) is 36.3 Å². The molecular weight excluding hydrogens is 429 g/mol. The number of aromatic nitrogens is 4. The number of anilines is 1. The SMILES string of the molecule is CC1=Nc2ccc(-c3ccn4nc(NC5CCC(F)(F)CC5)ncc34)nc2C1(C)CC(C)F. The zero-order valence-electron chi connectivity index (χ0n) is 18.9. The highest BCUT2D eigenvalue weighted by Gasteiger charge is 2.40. The quantitative estimate of drug-likeness (QED) is 0.520. The van der Waals surface area contributed by atoms with Crippen LogP contribution in [0.5, 0.6) is 0 Å². The molecule has 6 nitrogen and oxygen atoms in total. The zero-order valence-corrected chi connectivity index (χ0v) is 18.9. The largest absolute Gasteiger partial charge is 0.350 e. The van der Waals surface area contributed by atoms with Gasteiger partial charge in [0.05, 0.1) is 40.4 Å². The number of aliphatic imine (C=N–C) groups is 1. The summed E-state index contributed by atoms with van der Waals surface area (Å²) in [6.07, 6.45) is 3.44. The summed E-state index contributed by atoms with van der Waals surface area (Å²) in [6, 6.07) is 5.69. The molecule has 33 heavy (non-hydrogen) atoms. The third kappa shape index (κ3) is 3.98. The van der Waals surface area contributed by atoms with Gasteiger partial charge in [0.1, 0.15) is 0 Å². The second kappa shape index (κ2) is 7.81. The van der Waals surface area contributed by atoms with E-state index in [1.54, 1.807) is 17.6 Å². The zero-order chi connectivity index (χ0) is 23.4. The fraction of sp³-hybridized carbons (Fsp3) is 0.500. The van der Waals surface area contributed by atoms with E-state index in [9.17, 15) is 13.2 Å². The van der Waals surface area contributed by atoms with Crippen molar-refractivity contribution in [3.8, 4) is 11.3 Å². The van der Waals surface area contributed by atoms with Crippen LogP contribution in [-0.4, -0.2) is 43.4 Å². The molecule has 5 rings (SSSR count). The standard InChI is InChI=1S/C24H27F3N6/c1-14(25)12-23(3)15(2)29-19-5-4-18(31-21(19)23)17-8-11-33-20(17)13-28-22(32-33)30-16-6-9-24(26,27)10-7-16/h4-5,8,11,13-14,16H,6-7,9-10,12H2,1-3H3,(H,30,32). The van der Waals surface area contributed by atoms with Crippen molar-refractivity contribution < 1.29 is 13.2 Å². The minimum Gasteiger partial charge on any atom is -0.350 e. The lowest BCUT2D eigenvalue weighted by molar-refractivity contribution is -0.0361. The summed E-state index contributed by atoms with van der Waals surface area (Å²) in [5.74, 6) is -2.15. The second-order valence-corrected chi connectivity index (χ2v) is 9.49. The number of fused-ring (bicyclic) bond motifs is 2. The third-order valence-corrected chi connectivity index (χ3v) is 6.92. The van der Waals surface area contributed by atoms with E-state index in [-0.39, 0.29) is 18.9 Å². The molecule has 3 aromatic heterocycles. The van der Waals surface area contributed by atoms with Crippen LogP contribution in [0.2, 0.25) is 0 Å². The van der Waals surface area contributed by atoms with Crippen LogP contribution in [0.1, 0.15) is 58.6 Å². The van der Waals surface area contributed by atoms with E-state index >= 15 is 0 Å². The molecular formula is C24H27F3N6. The maximum atomic E-state index is 13.9. The highest BCUT2D eigenvalue weighted by Crippen LogP contribution is 2.43. The first-order valence-corrected chi connectivity index (χ1v) is 11.4. The molecule has 1 N–H and O–H groups in total. The van der Waals surface area contributed by atoms with Crippen LogP contribution in [0, 0.1) is 0 Å². The maximum absolute atomic E-state index is 13.9. The number of hydrogen-bond acceptors (Lipinski definition) is 5. The number of halogens is 3. The van der Waals surface area contributed by atoms with Gasteiger partial charge in [0.25, 0.3) is 0 Å². The molecule has 1 aliphatic carbocycles. The Morgan fingerprint density at radius 1 is 1.21 bits per heavy atom. The Labute approximate surface area is 190 Å². The predicted octanol–water partition coefficient (Wildman–Crippen LogP) is 5.89. The fourth-order valence-electron chi connectivity index (χ4n) is 4.93. The van der Waals surface area contributed by atoms with Crippen molar-refractivity contribution in [3.63, 3.8) is 0 Å². The number of alkyl halides is 3. The molecule has 0 saturated heterocycles. The summed E-state index contributed by atoms with van der Waals surface area (Å²) < 4.78 is 42.5. The lowest BCUT2D eigenvalue weighted by atomic mass is 9.78. The van der Waals surface area contributed by atoms with E-state index in [1.165, 1.54) is 0 Å². The van der Waals surface area contributed by atoms with Gasteiger partial charge in [-0.25, -0.2) is 27.7 Å². The number of hydrogen-bond donors (Lipinski definition) is 1. The number of nitrogens with zero attached hydrogens (tertiary/aromatic N) is 5. The molecule has 1 fully saturated rings. The van der Waals surface area contributed by atoms with Gasteiger partial charge in [0, 0.05) is 36.4 Å². The summed E-state index contributed by atoms with van der Waals surface area (Å²) in [7, 11) is 0. The molecule has 1 aliphatic heterocycles. The van der Waals surface area contributed by atoms with Crippen LogP contribution in [0.25, 0.3) is 16.8 Å². The van der Waals surface area contributed by atoms with Crippen molar-refractivity contribution >= 4 is 22.9 Å². The van der Waals surface area contributed by atoms with Gasteiger partial charge >= 0.3 is 0 Å². The molecule has 0 amide bonds. The molecule has 0 spiro atoms. The molecule has 2 unspecified atom stereocenters. The molecule has 2 atom stereocenters. The van der Waals surface area contributed by atoms with Gasteiger partial charge in [0.2, 0.25) is 11.9 Å². The van der Waals surface area contributed by atoms with Gasteiger partial charge in [-0.05, 0) is 58.2 Å². The lowest BCUT2D eigenvalue weighted by Crippen LogP contribution is -2.32. The molecule has 174 valence electrons. The molecule has 0 radical (unpaired) electrons. The third-order valence-electron chi connectivity index (χ3n) is 6.92. The first-order chi connectivity index (χ1) is 15.6. The summed E-state index contributed by atoms with van der Waals surface area (Å²) in [5, 5.41) is 7.70. The number of nitrogens with one attached hydrogen (secondary N) is 1. The van der Waals surface area contributed by atoms with E-state index in [2.05, 4.69) is 20.4 Å². The van der Waals surface area contributed by atoms with E-state index < -0.39 is 17.5 Å². The molecule has 0 bridgehead atoms. The smallest absolute Gasteiger partial charge is 0.248 e. The van der Waals surface area contributed by atoms with Crippen molar-refractivity contribution in [1.29, 1.82) is 0 Å². The van der Waals surface area contributed by atoms with E-state index in [0.29, 0.717) is 25.2 Å². The van der Waals surface area contributed by atoms with Crippen LogP contribution in [-0.2, 0) is 5.41 Å². The van der Waals surface area contributed by atoms with E-state index in [0.717, 1.165) is 33.9 Å². The summed E-state index contributed by atoms with van der Waals surface area (Å²) in [5.41, 5.74) is 4.28. The topological polar surface area (TPSA) is 67.5 Å². The first-order valence-electron chi connectivity index (χ1n) is 11.4. The Kier molecular flexibility index (Phi) is 5.17. The van der Waals surface area contributed by atoms with Crippen LogP contribution < -0.4 is 5.32 Å². The summed E-state index contributed by atoms with van der Waals surface area (Å²) >= 11 is 0. The van der Waals surface area contributed by atoms with Crippen molar-refractivity contribution in [2.75, 3.05) is 5.32 Å². The Balaban J connectivity index is 1.42. The maximum Gasteiger partial charge on any atom is 0.248 e. The average molecular weight is 457 g/mol. The van der Waals surface area contributed by atoms with Gasteiger partial charge in [-0.2, -0.15) is 0 Å². The van der Waals surface area contributed by atoms with Crippen LogP contribution >= 0.6 is 0 Å². The predicted molar refractivity (Wildman–Crippen MR) is 122 cm³/mol. The fourth-order valence-corrected chi connectivity index (χ4v) is 4.93. The highest BCUT2D eigenvalue weighted by molar-refractivity contribution is 5.99. The van der Waals surface area contributed by atoms with Gasteiger partial charge in [-0.1, -0.05) is 0 Å². The molecule has 2 aliphatic rings. The summed E-state index contributed by atoms with van der Waals surface area (Å²) in [6.45, 7) is 5.47. The van der Waals surface area contributed by atoms with Gasteiger partial charge < -0.3 is 5.32 Å². The Morgan fingerprint density at radius 2 is 1.97 bits per heavy atom. The van der Waals surface area contributed by atoms with Crippen LogP contribution in [0.4, 0.5) is 24.8 Å². The minimum absolute atomic E-state index is 0.0608. The average Bonchev–Trinajstić information content (AvgIpc) is 3.27. The Hall–Kier alpha value is -2.97. The normalized spacial score (nSPS) is 23.4. The minimum atomic E-state index is -2.57. The second-order valence-electron chi connectivity index (χ2n) is 9.49. The number of pyridine rings is 1. The van der Waals surface area contributed by atoms with Crippen LogP contribution in [0.3, 0.4) is 0 Å². The monoisotopic (exact) mass is 456 g/mol. The number of rotatable bonds is 5. The molecule has 3 aromatic rings. The van der Waals surface area contributed by atoms with Crippen molar-refractivity contribution in [2.24, 2.45) is 4.99 Å². The van der Waals surface area contributed by atoms with Gasteiger partial charge in [-0.3, -0.25) is 4.99 Å². The van der Waals surface area contributed by atoms with E-state index in [4.69, 9.17) is 4.98 Å². The lowest BCUT2D eigenvalue weighted by Gasteiger charge is -2.28. The molecule has 0 aromatic carbocycles. The van der Waals surface area contributed by atoms with Crippen molar-refractivity contribution in [1.82, 2.24) is 19.6 Å². The van der Waals surface area contributed by atoms with Gasteiger partial charge in [-0.15, -0.1) is 5.10 Å². The molecule has 9 heteroatoms. The van der Waals surface area contributed by atoms with Crippen LogP contribution in [0.15, 0.2) is 35.6 Å². The molecule has 1 saturated carbocycles. The first kappa shape index (κ1) is 21.9. The van der Waals surface area contributed by atoms with Gasteiger partial charge in [0.15, 0.2) is 0 Å². The summed E-state index contributed by atoms with van der Waals surface area (Å²) in [4.78, 5) is 13.9. The molecule has 4 heterocycles.